The number of nitrogens with zero attached hydrogens (tertiary/aromatic N) is 1. The Balaban J connectivity index is 1.80. The number of rotatable bonds is 8. The summed E-state index contributed by atoms with van der Waals surface area (Å²) >= 11 is 0. The molecule has 2 atom stereocenters. The van der Waals surface area contributed by atoms with Gasteiger partial charge in [-0.15, -0.1) is 0 Å². The smallest absolute Gasteiger partial charge is 0.239 e. The number of hydrogen-bond acceptors (Lipinski definition) is 5. The molecule has 0 aromatic carbocycles. The lowest BCUT2D eigenvalue weighted by atomic mass is 10.1. The Labute approximate surface area is 121 Å². The van der Waals surface area contributed by atoms with Gasteiger partial charge in [-0.1, -0.05) is 0 Å². The molecule has 0 aromatic rings. The Morgan fingerprint density at radius 2 is 2.35 bits per heavy atom. The Bertz CT molecular complexity index is 310. The molecular formula is C14H27N3O3. The molecule has 2 fully saturated rings. The van der Waals surface area contributed by atoms with Gasteiger partial charge in [0.05, 0.1) is 19.3 Å². The van der Waals surface area contributed by atoms with Crippen LogP contribution in [0.25, 0.3) is 0 Å². The van der Waals surface area contributed by atoms with Gasteiger partial charge in [0.2, 0.25) is 5.91 Å². The third kappa shape index (κ3) is 4.70. The van der Waals surface area contributed by atoms with Gasteiger partial charge in [-0.2, -0.15) is 0 Å². The van der Waals surface area contributed by atoms with Crippen LogP contribution >= 0.6 is 0 Å². The van der Waals surface area contributed by atoms with Crippen molar-refractivity contribution in [1.82, 2.24) is 10.2 Å². The van der Waals surface area contributed by atoms with Crippen molar-refractivity contribution in [2.45, 2.75) is 44.4 Å². The molecule has 2 aliphatic rings. The van der Waals surface area contributed by atoms with Crippen molar-refractivity contribution in [3.8, 4) is 0 Å². The highest BCUT2D eigenvalue weighted by atomic mass is 16.5. The molecule has 1 saturated carbocycles. The van der Waals surface area contributed by atoms with Crippen LogP contribution in [0.3, 0.4) is 0 Å². The fourth-order valence-corrected chi connectivity index (χ4v) is 2.49. The lowest BCUT2D eigenvalue weighted by Gasteiger charge is -2.35. The summed E-state index contributed by atoms with van der Waals surface area (Å²) in [6.45, 7) is 5.98. The lowest BCUT2D eigenvalue weighted by molar-refractivity contribution is -0.133. The van der Waals surface area contributed by atoms with Gasteiger partial charge >= 0.3 is 0 Å². The zero-order valence-corrected chi connectivity index (χ0v) is 12.3. The van der Waals surface area contributed by atoms with E-state index in [0.717, 1.165) is 32.4 Å². The molecule has 0 spiro atoms. The third-order valence-electron chi connectivity index (χ3n) is 3.87. The molecule has 0 aromatic heterocycles. The molecule has 0 bridgehead atoms. The summed E-state index contributed by atoms with van der Waals surface area (Å²) in [5.41, 5.74) is 5.70. The maximum Gasteiger partial charge on any atom is 0.239 e. The molecule has 1 aliphatic carbocycles. The van der Waals surface area contributed by atoms with Crippen LogP contribution in [-0.4, -0.2) is 68.4 Å². The standard InChI is InChI=1S/C14H27N3O3/c1-2-20-12(9-15)5-6-17-7-8-19-10-13(17)14(18)16-11-3-4-11/h11-13H,2-10,15H2,1H3,(H,16,18). The summed E-state index contributed by atoms with van der Waals surface area (Å²) in [5, 5.41) is 3.06. The maximum atomic E-state index is 12.2. The number of nitrogens with two attached hydrogens (primary N) is 1. The number of morpholine rings is 1. The minimum Gasteiger partial charge on any atom is -0.378 e. The predicted molar refractivity (Wildman–Crippen MR) is 76.4 cm³/mol. The van der Waals surface area contributed by atoms with Crippen molar-refractivity contribution in [3.05, 3.63) is 0 Å². The van der Waals surface area contributed by atoms with E-state index in [0.29, 0.717) is 32.4 Å². The van der Waals surface area contributed by atoms with Crippen LogP contribution < -0.4 is 11.1 Å². The fraction of sp³-hybridized carbons (Fsp3) is 0.929. The number of carbonyl (C=O) groups is 1. The van der Waals surface area contributed by atoms with Gasteiger partial charge in [-0.05, 0) is 26.2 Å². The first-order chi connectivity index (χ1) is 9.74. The SMILES string of the molecule is CCOC(CN)CCN1CCOCC1C(=O)NC1CC1. The highest BCUT2D eigenvalue weighted by molar-refractivity contribution is 5.82. The molecular weight excluding hydrogens is 258 g/mol. The third-order valence-corrected chi connectivity index (χ3v) is 3.87. The zero-order valence-electron chi connectivity index (χ0n) is 12.3. The van der Waals surface area contributed by atoms with E-state index in [1.807, 2.05) is 6.92 Å². The van der Waals surface area contributed by atoms with Crippen LogP contribution in [-0.2, 0) is 14.3 Å². The summed E-state index contributed by atoms with van der Waals surface area (Å²) in [7, 11) is 0. The van der Waals surface area contributed by atoms with Crippen LogP contribution in [0.4, 0.5) is 0 Å². The molecule has 2 unspecified atom stereocenters. The maximum absolute atomic E-state index is 12.2. The van der Waals surface area contributed by atoms with Crippen LogP contribution in [0, 0.1) is 0 Å². The Hall–Kier alpha value is -0.690. The molecule has 6 heteroatoms. The van der Waals surface area contributed by atoms with E-state index in [-0.39, 0.29) is 18.1 Å². The van der Waals surface area contributed by atoms with E-state index in [9.17, 15) is 4.79 Å². The predicted octanol–water partition coefficient (Wildman–Crippen LogP) is -0.280. The normalized spacial score (nSPS) is 25.4. The van der Waals surface area contributed by atoms with Crippen molar-refractivity contribution >= 4 is 5.91 Å². The summed E-state index contributed by atoms with van der Waals surface area (Å²) in [5.74, 6) is 0.105. The number of nitrogens with one attached hydrogen (secondary N) is 1. The van der Waals surface area contributed by atoms with Gasteiger partial charge in [-0.25, -0.2) is 0 Å². The summed E-state index contributed by atoms with van der Waals surface area (Å²) in [4.78, 5) is 14.4. The second-order valence-electron chi connectivity index (χ2n) is 5.51. The quantitative estimate of drug-likeness (QED) is 0.641. The lowest BCUT2D eigenvalue weighted by Crippen LogP contribution is -2.54. The van der Waals surface area contributed by atoms with E-state index >= 15 is 0 Å². The van der Waals surface area contributed by atoms with E-state index in [1.165, 1.54) is 0 Å². The molecule has 1 heterocycles. The van der Waals surface area contributed by atoms with Gasteiger partial charge in [0.1, 0.15) is 6.04 Å². The minimum atomic E-state index is -0.163. The van der Waals surface area contributed by atoms with E-state index in [4.69, 9.17) is 15.2 Å². The molecule has 3 N–H and O–H groups in total. The highest BCUT2D eigenvalue weighted by Gasteiger charge is 2.33. The molecule has 1 aliphatic heterocycles. The van der Waals surface area contributed by atoms with E-state index < -0.39 is 0 Å². The van der Waals surface area contributed by atoms with Crippen molar-refractivity contribution < 1.29 is 14.3 Å². The zero-order chi connectivity index (χ0) is 14.4. The fourth-order valence-electron chi connectivity index (χ4n) is 2.49. The summed E-state index contributed by atoms with van der Waals surface area (Å²) in [6.07, 6.45) is 3.16. The Morgan fingerprint density at radius 3 is 3.00 bits per heavy atom. The molecule has 1 amide bonds. The van der Waals surface area contributed by atoms with Gasteiger partial charge in [0.15, 0.2) is 0 Å². The Kier molecular flexibility index (Phi) is 6.22. The van der Waals surface area contributed by atoms with E-state index in [2.05, 4.69) is 10.2 Å². The summed E-state index contributed by atoms with van der Waals surface area (Å²) in [6, 6.07) is 0.232. The first-order valence-electron chi connectivity index (χ1n) is 7.68. The van der Waals surface area contributed by atoms with Crippen molar-refractivity contribution in [1.29, 1.82) is 0 Å². The number of ether oxygens (including phenoxy) is 2. The average Bonchev–Trinajstić information content (AvgIpc) is 3.27. The highest BCUT2D eigenvalue weighted by Crippen LogP contribution is 2.19. The van der Waals surface area contributed by atoms with Gasteiger partial charge in [0.25, 0.3) is 0 Å². The van der Waals surface area contributed by atoms with Crippen molar-refractivity contribution in [3.63, 3.8) is 0 Å². The monoisotopic (exact) mass is 285 g/mol. The summed E-state index contributed by atoms with van der Waals surface area (Å²) < 4.78 is 11.0. The molecule has 116 valence electrons. The van der Waals surface area contributed by atoms with Gasteiger partial charge < -0.3 is 20.5 Å². The molecule has 6 nitrogen and oxygen atoms in total. The van der Waals surface area contributed by atoms with Crippen LogP contribution in [0.2, 0.25) is 0 Å². The number of amides is 1. The van der Waals surface area contributed by atoms with Crippen LogP contribution in [0.5, 0.6) is 0 Å². The molecule has 1 saturated heterocycles. The molecule has 0 radical (unpaired) electrons. The Morgan fingerprint density at radius 1 is 1.55 bits per heavy atom. The van der Waals surface area contributed by atoms with Gasteiger partial charge in [-0.3, -0.25) is 9.69 Å². The average molecular weight is 285 g/mol. The van der Waals surface area contributed by atoms with Crippen molar-refractivity contribution in [2.24, 2.45) is 5.73 Å². The van der Waals surface area contributed by atoms with Crippen LogP contribution in [0.15, 0.2) is 0 Å². The first kappa shape index (κ1) is 15.7. The second kappa shape index (κ2) is 7.93. The van der Waals surface area contributed by atoms with Gasteiger partial charge in [0, 0.05) is 32.3 Å². The molecule has 20 heavy (non-hydrogen) atoms. The second-order valence-corrected chi connectivity index (χ2v) is 5.51. The van der Waals surface area contributed by atoms with Crippen LogP contribution in [0.1, 0.15) is 26.2 Å². The first-order valence-corrected chi connectivity index (χ1v) is 7.68. The topological polar surface area (TPSA) is 76.8 Å². The number of hydrogen-bond donors (Lipinski definition) is 2. The van der Waals surface area contributed by atoms with Crippen molar-refractivity contribution in [2.75, 3.05) is 39.5 Å². The van der Waals surface area contributed by atoms with E-state index in [1.54, 1.807) is 0 Å². The largest absolute Gasteiger partial charge is 0.378 e. The minimum absolute atomic E-state index is 0.0787. The number of carbonyl (C=O) groups excluding carboxylic acids is 1. The molecule has 2 rings (SSSR count).